The number of hydrogen-bond donors (Lipinski definition) is 2. The van der Waals surface area contributed by atoms with Gasteiger partial charge < -0.3 is 10.1 Å². The van der Waals surface area contributed by atoms with Gasteiger partial charge in [0.25, 0.3) is 0 Å². The van der Waals surface area contributed by atoms with E-state index in [1.165, 1.54) is 6.07 Å². The third-order valence-electron chi connectivity index (χ3n) is 2.96. The third kappa shape index (κ3) is 4.92. The van der Waals surface area contributed by atoms with Gasteiger partial charge in [0.2, 0.25) is 15.9 Å². The highest BCUT2D eigenvalue weighted by Crippen LogP contribution is 2.19. The summed E-state index contributed by atoms with van der Waals surface area (Å²) in [5.41, 5.74) is 0.952. The van der Waals surface area contributed by atoms with E-state index < -0.39 is 10.0 Å². The van der Waals surface area contributed by atoms with Gasteiger partial charge in [-0.2, -0.15) is 0 Å². The zero-order valence-corrected chi connectivity index (χ0v) is 12.7. The van der Waals surface area contributed by atoms with E-state index in [0.29, 0.717) is 24.1 Å². The number of nitrogens with one attached hydrogen (secondary N) is 1. The largest absolute Gasteiger partial charge is 0.382 e. The minimum atomic E-state index is -3.79. The Morgan fingerprint density at radius 3 is 2.65 bits per heavy atom. The smallest absolute Gasteiger partial charge is 0.238 e. The van der Waals surface area contributed by atoms with Crippen LogP contribution in [0.25, 0.3) is 0 Å². The van der Waals surface area contributed by atoms with Crippen LogP contribution in [0.2, 0.25) is 0 Å². The second-order valence-corrected chi connectivity index (χ2v) is 6.19. The van der Waals surface area contributed by atoms with Crippen LogP contribution >= 0.6 is 0 Å². The van der Waals surface area contributed by atoms with Crippen molar-refractivity contribution in [3.8, 4) is 0 Å². The van der Waals surface area contributed by atoms with Crippen molar-refractivity contribution >= 4 is 21.6 Å². The first-order valence-electron chi connectivity index (χ1n) is 6.20. The molecule has 7 heteroatoms. The number of carbonyl (C=O) groups is 1. The van der Waals surface area contributed by atoms with Gasteiger partial charge in [0.05, 0.1) is 11.0 Å². The molecule has 0 fully saturated rings. The number of methoxy groups -OCH3 is 1. The van der Waals surface area contributed by atoms with Crippen molar-refractivity contribution in [3.05, 3.63) is 23.8 Å². The van der Waals surface area contributed by atoms with Crippen LogP contribution in [0.3, 0.4) is 0 Å². The van der Waals surface area contributed by atoms with E-state index in [0.717, 1.165) is 0 Å². The molecular formula is C13H20N2O4S. The summed E-state index contributed by atoms with van der Waals surface area (Å²) < 4.78 is 27.8. The second kappa shape index (κ2) is 6.83. The second-order valence-electron chi connectivity index (χ2n) is 4.66. The molecule has 0 heterocycles. The molecule has 1 aromatic rings. The lowest BCUT2D eigenvalue weighted by Gasteiger charge is -2.11. The predicted octanol–water partition coefficient (Wildman–Crippen LogP) is 1.40. The number of sulfonamides is 1. The molecule has 0 radical (unpaired) electrons. The summed E-state index contributed by atoms with van der Waals surface area (Å²) in [4.78, 5) is 11.7. The molecular weight excluding hydrogens is 280 g/mol. The maximum Gasteiger partial charge on any atom is 0.238 e. The Balaban J connectivity index is 2.77. The maximum absolute atomic E-state index is 11.7. The Kier molecular flexibility index (Phi) is 5.67. The van der Waals surface area contributed by atoms with Gasteiger partial charge in [-0.1, -0.05) is 6.07 Å². The summed E-state index contributed by atoms with van der Waals surface area (Å²) in [6.07, 6.45) is 0.892. The standard InChI is InChI=1S/C13H20N2O4S/c1-9-4-6-11(8-12(9)20(14,17)18)15-13(16)7-5-10(2)19-3/h4,6,8,10H,5,7H2,1-3H3,(H,15,16)(H2,14,17,18). The minimum Gasteiger partial charge on any atom is -0.382 e. The number of anilines is 1. The summed E-state index contributed by atoms with van der Waals surface area (Å²) in [5, 5.41) is 7.76. The van der Waals surface area contributed by atoms with Crippen molar-refractivity contribution in [2.45, 2.75) is 37.7 Å². The van der Waals surface area contributed by atoms with Gasteiger partial charge in [0, 0.05) is 19.2 Å². The number of ether oxygens (including phenoxy) is 1. The fourth-order valence-electron chi connectivity index (χ4n) is 1.66. The van der Waals surface area contributed by atoms with Gasteiger partial charge in [-0.15, -0.1) is 0 Å². The van der Waals surface area contributed by atoms with Gasteiger partial charge in [-0.25, -0.2) is 13.6 Å². The molecule has 0 saturated heterocycles. The zero-order chi connectivity index (χ0) is 15.3. The van der Waals surface area contributed by atoms with Crippen molar-refractivity contribution in [2.75, 3.05) is 12.4 Å². The van der Waals surface area contributed by atoms with E-state index in [9.17, 15) is 13.2 Å². The van der Waals surface area contributed by atoms with E-state index in [1.54, 1.807) is 26.2 Å². The Labute approximate surface area is 119 Å². The maximum atomic E-state index is 11.7. The molecule has 1 atom stereocenters. The molecule has 0 saturated carbocycles. The van der Waals surface area contributed by atoms with Crippen molar-refractivity contribution in [3.63, 3.8) is 0 Å². The predicted molar refractivity (Wildman–Crippen MR) is 76.9 cm³/mol. The normalized spacial score (nSPS) is 13.0. The number of primary sulfonamides is 1. The fourth-order valence-corrected chi connectivity index (χ4v) is 2.47. The Morgan fingerprint density at radius 1 is 1.45 bits per heavy atom. The summed E-state index contributed by atoms with van der Waals surface area (Å²) in [7, 11) is -2.21. The van der Waals surface area contributed by atoms with E-state index >= 15 is 0 Å². The Morgan fingerprint density at radius 2 is 2.10 bits per heavy atom. The molecule has 6 nitrogen and oxygen atoms in total. The van der Waals surface area contributed by atoms with Crippen LogP contribution < -0.4 is 10.5 Å². The number of rotatable bonds is 6. The highest BCUT2D eigenvalue weighted by Gasteiger charge is 2.13. The molecule has 0 aliphatic rings. The quantitative estimate of drug-likeness (QED) is 0.829. The molecule has 3 N–H and O–H groups in total. The first-order chi connectivity index (χ1) is 9.24. The number of nitrogens with two attached hydrogens (primary N) is 1. The first kappa shape index (κ1) is 16.6. The zero-order valence-electron chi connectivity index (χ0n) is 11.8. The molecule has 112 valence electrons. The topological polar surface area (TPSA) is 98.5 Å². The highest BCUT2D eigenvalue weighted by molar-refractivity contribution is 7.89. The molecule has 1 aromatic carbocycles. The summed E-state index contributed by atoms with van der Waals surface area (Å²) in [6, 6.07) is 4.61. The van der Waals surface area contributed by atoms with Crippen LogP contribution in [0.15, 0.2) is 23.1 Å². The number of aryl methyl sites for hydroxylation is 1. The number of amides is 1. The van der Waals surface area contributed by atoms with Crippen LogP contribution in [0.4, 0.5) is 5.69 Å². The average Bonchev–Trinajstić information content (AvgIpc) is 2.37. The molecule has 20 heavy (non-hydrogen) atoms. The van der Waals surface area contributed by atoms with Crippen LogP contribution in [-0.2, 0) is 19.6 Å². The van der Waals surface area contributed by atoms with Crippen molar-refractivity contribution in [2.24, 2.45) is 5.14 Å². The van der Waals surface area contributed by atoms with Gasteiger partial charge in [-0.05, 0) is 38.0 Å². The van der Waals surface area contributed by atoms with Gasteiger partial charge in [-0.3, -0.25) is 4.79 Å². The molecule has 0 bridgehead atoms. The molecule has 0 aliphatic heterocycles. The van der Waals surface area contributed by atoms with E-state index in [-0.39, 0.29) is 16.9 Å². The van der Waals surface area contributed by atoms with Gasteiger partial charge in [0.15, 0.2) is 0 Å². The average molecular weight is 300 g/mol. The highest BCUT2D eigenvalue weighted by atomic mass is 32.2. The van der Waals surface area contributed by atoms with Gasteiger partial charge >= 0.3 is 0 Å². The van der Waals surface area contributed by atoms with Crippen LogP contribution in [0.1, 0.15) is 25.3 Å². The lowest BCUT2D eigenvalue weighted by molar-refractivity contribution is -0.116. The molecule has 1 unspecified atom stereocenters. The summed E-state index contributed by atoms with van der Waals surface area (Å²) >= 11 is 0. The molecule has 1 rings (SSSR count). The van der Waals surface area contributed by atoms with E-state index in [1.807, 2.05) is 6.92 Å². The third-order valence-corrected chi connectivity index (χ3v) is 4.01. The van der Waals surface area contributed by atoms with Crippen molar-refractivity contribution < 1.29 is 17.9 Å². The van der Waals surface area contributed by atoms with Crippen LogP contribution in [-0.4, -0.2) is 27.5 Å². The molecule has 1 amide bonds. The molecule has 0 spiro atoms. The van der Waals surface area contributed by atoms with Gasteiger partial charge in [0.1, 0.15) is 0 Å². The minimum absolute atomic E-state index is 0.00116. The lowest BCUT2D eigenvalue weighted by Crippen LogP contribution is -2.17. The summed E-state index contributed by atoms with van der Waals surface area (Å²) in [5.74, 6) is -0.196. The molecule has 0 aliphatic carbocycles. The lowest BCUT2D eigenvalue weighted by atomic mass is 10.2. The van der Waals surface area contributed by atoms with Crippen LogP contribution in [0, 0.1) is 6.92 Å². The Hall–Kier alpha value is -1.44. The fraction of sp³-hybridized carbons (Fsp3) is 0.462. The van der Waals surface area contributed by atoms with Crippen LogP contribution in [0.5, 0.6) is 0 Å². The monoisotopic (exact) mass is 300 g/mol. The Bertz CT molecular complexity index is 584. The van der Waals surface area contributed by atoms with Crippen molar-refractivity contribution in [1.29, 1.82) is 0 Å². The van der Waals surface area contributed by atoms with Crippen molar-refractivity contribution in [1.82, 2.24) is 0 Å². The first-order valence-corrected chi connectivity index (χ1v) is 7.74. The van der Waals surface area contributed by atoms with E-state index in [2.05, 4.69) is 5.32 Å². The summed E-state index contributed by atoms with van der Waals surface area (Å²) in [6.45, 7) is 3.52. The SMILES string of the molecule is COC(C)CCC(=O)Nc1ccc(C)c(S(N)(=O)=O)c1. The number of hydrogen-bond acceptors (Lipinski definition) is 4. The number of carbonyl (C=O) groups excluding carboxylic acids is 1. The molecule has 0 aromatic heterocycles. The number of benzene rings is 1. The van der Waals surface area contributed by atoms with E-state index in [4.69, 9.17) is 9.88 Å².